The normalized spacial score (nSPS) is 59.0. The molecule has 0 saturated heterocycles. The highest BCUT2D eigenvalue weighted by Crippen LogP contribution is 2.61. The third-order valence-electron chi connectivity index (χ3n) is 4.98. The largest absolute Gasteiger partial charge is 0.0622 e. The Balaban J connectivity index is 2.28. The van der Waals surface area contributed by atoms with E-state index in [-0.39, 0.29) is 0 Å². The summed E-state index contributed by atoms with van der Waals surface area (Å²) >= 11 is 0. The maximum absolute atomic E-state index is 2.54. The molecule has 0 bridgehead atoms. The van der Waals surface area contributed by atoms with Crippen LogP contribution in [0.2, 0.25) is 0 Å². The predicted octanol–water partition coefficient (Wildman–Crippen LogP) is 3.71. The van der Waals surface area contributed by atoms with Gasteiger partial charge in [-0.25, -0.2) is 0 Å². The maximum atomic E-state index is 2.54. The standard InChI is InChI=1S/C12H22/c1-8-5-6-12(4)10(3)7-9(2)11(8)12/h8-11H,5-7H2,1-4H3/t8?,9?,10?,11?,12-/m1/s1. The van der Waals surface area contributed by atoms with Crippen LogP contribution < -0.4 is 0 Å². The van der Waals surface area contributed by atoms with Gasteiger partial charge < -0.3 is 0 Å². The Morgan fingerprint density at radius 1 is 1.08 bits per heavy atom. The Bertz CT molecular complexity index is 184. The molecule has 0 N–H and O–H groups in total. The third kappa shape index (κ3) is 0.900. The van der Waals surface area contributed by atoms with Crippen LogP contribution in [0.15, 0.2) is 0 Å². The first-order chi connectivity index (χ1) is 5.55. The zero-order chi connectivity index (χ0) is 8.93. The average molecular weight is 166 g/mol. The second-order valence-corrected chi connectivity index (χ2v) is 5.66. The predicted molar refractivity (Wildman–Crippen MR) is 52.9 cm³/mol. The molecule has 2 saturated carbocycles. The molecule has 70 valence electrons. The smallest absolute Gasteiger partial charge is 0.0267 e. The van der Waals surface area contributed by atoms with E-state index in [1.165, 1.54) is 19.3 Å². The molecule has 4 unspecified atom stereocenters. The molecule has 0 heterocycles. The third-order valence-corrected chi connectivity index (χ3v) is 4.98. The van der Waals surface area contributed by atoms with Gasteiger partial charge in [-0.05, 0) is 48.3 Å². The van der Waals surface area contributed by atoms with E-state index in [0.717, 1.165) is 23.7 Å². The van der Waals surface area contributed by atoms with E-state index in [0.29, 0.717) is 5.41 Å². The van der Waals surface area contributed by atoms with Gasteiger partial charge in [0.15, 0.2) is 0 Å². The van der Waals surface area contributed by atoms with Gasteiger partial charge in [0.25, 0.3) is 0 Å². The highest BCUT2D eigenvalue weighted by atomic mass is 14.6. The lowest BCUT2D eigenvalue weighted by molar-refractivity contribution is 0.172. The van der Waals surface area contributed by atoms with E-state index in [4.69, 9.17) is 0 Å². The lowest BCUT2D eigenvalue weighted by atomic mass is 9.74. The molecule has 0 heteroatoms. The summed E-state index contributed by atoms with van der Waals surface area (Å²) < 4.78 is 0. The van der Waals surface area contributed by atoms with Crippen LogP contribution in [0.5, 0.6) is 0 Å². The summed E-state index contributed by atoms with van der Waals surface area (Å²) in [6, 6.07) is 0. The summed E-state index contributed by atoms with van der Waals surface area (Å²) in [7, 11) is 0. The molecule has 0 nitrogen and oxygen atoms in total. The fourth-order valence-electron chi connectivity index (χ4n) is 4.29. The SMILES string of the molecule is CC1CC[C@]2(C)C(C)CC(C)C12. The van der Waals surface area contributed by atoms with Gasteiger partial charge in [0.2, 0.25) is 0 Å². The van der Waals surface area contributed by atoms with Crippen LogP contribution in [0, 0.1) is 29.1 Å². The van der Waals surface area contributed by atoms with Crippen LogP contribution in [-0.2, 0) is 0 Å². The zero-order valence-corrected chi connectivity index (χ0v) is 8.93. The van der Waals surface area contributed by atoms with Gasteiger partial charge in [0, 0.05) is 0 Å². The first-order valence-corrected chi connectivity index (χ1v) is 5.55. The summed E-state index contributed by atoms with van der Waals surface area (Å²) in [5.41, 5.74) is 0.707. The van der Waals surface area contributed by atoms with E-state index in [1.807, 2.05) is 0 Å². The quantitative estimate of drug-likeness (QED) is 0.514. The van der Waals surface area contributed by atoms with E-state index < -0.39 is 0 Å². The van der Waals surface area contributed by atoms with Crippen LogP contribution in [0.1, 0.15) is 47.0 Å². The van der Waals surface area contributed by atoms with Crippen molar-refractivity contribution in [1.29, 1.82) is 0 Å². The number of hydrogen-bond donors (Lipinski definition) is 0. The summed E-state index contributed by atoms with van der Waals surface area (Å²) in [5, 5.41) is 0. The van der Waals surface area contributed by atoms with Crippen LogP contribution in [0.25, 0.3) is 0 Å². The van der Waals surface area contributed by atoms with Crippen LogP contribution in [0.3, 0.4) is 0 Å². The molecule has 2 rings (SSSR count). The van der Waals surface area contributed by atoms with Crippen molar-refractivity contribution in [2.75, 3.05) is 0 Å². The fourth-order valence-corrected chi connectivity index (χ4v) is 4.29. The monoisotopic (exact) mass is 166 g/mol. The maximum Gasteiger partial charge on any atom is -0.0267 e. The lowest BCUT2D eigenvalue weighted by Gasteiger charge is -2.31. The van der Waals surface area contributed by atoms with E-state index in [2.05, 4.69) is 27.7 Å². The van der Waals surface area contributed by atoms with E-state index in [1.54, 1.807) is 0 Å². The Kier molecular flexibility index (Phi) is 1.79. The molecular weight excluding hydrogens is 144 g/mol. The molecule has 12 heavy (non-hydrogen) atoms. The summed E-state index contributed by atoms with van der Waals surface area (Å²) in [6.45, 7) is 9.93. The molecule has 0 amide bonds. The molecule has 0 aromatic heterocycles. The van der Waals surface area contributed by atoms with Crippen molar-refractivity contribution < 1.29 is 0 Å². The van der Waals surface area contributed by atoms with Gasteiger partial charge in [-0.1, -0.05) is 27.7 Å². The fraction of sp³-hybridized carbons (Fsp3) is 1.00. The molecule has 0 spiro atoms. The van der Waals surface area contributed by atoms with Crippen LogP contribution in [-0.4, -0.2) is 0 Å². The molecule has 0 aliphatic heterocycles. The molecule has 0 aromatic carbocycles. The Morgan fingerprint density at radius 2 is 1.75 bits per heavy atom. The van der Waals surface area contributed by atoms with E-state index >= 15 is 0 Å². The van der Waals surface area contributed by atoms with Gasteiger partial charge in [0.05, 0.1) is 0 Å². The number of hydrogen-bond acceptors (Lipinski definition) is 0. The van der Waals surface area contributed by atoms with Crippen LogP contribution >= 0.6 is 0 Å². The van der Waals surface area contributed by atoms with Crippen molar-refractivity contribution in [1.82, 2.24) is 0 Å². The average Bonchev–Trinajstić information content (AvgIpc) is 2.38. The lowest BCUT2D eigenvalue weighted by Crippen LogP contribution is -2.25. The molecular formula is C12H22. The first-order valence-electron chi connectivity index (χ1n) is 5.55. The Hall–Kier alpha value is 0. The van der Waals surface area contributed by atoms with Crippen molar-refractivity contribution in [3.63, 3.8) is 0 Å². The number of fused-ring (bicyclic) bond motifs is 1. The highest BCUT2D eigenvalue weighted by molar-refractivity contribution is 5.02. The minimum Gasteiger partial charge on any atom is -0.0622 e. The molecule has 2 aliphatic rings. The zero-order valence-electron chi connectivity index (χ0n) is 8.93. The van der Waals surface area contributed by atoms with Crippen LogP contribution in [0.4, 0.5) is 0 Å². The minimum atomic E-state index is 0.707. The van der Waals surface area contributed by atoms with Crippen molar-refractivity contribution in [3.05, 3.63) is 0 Å². The number of rotatable bonds is 0. The van der Waals surface area contributed by atoms with Crippen molar-refractivity contribution >= 4 is 0 Å². The Labute approximate surface area is 76.7 Å². The minimum absolute atomic E-state index is 0.707. The van der Waals surface area contributed by atoms with Crippen molar-refractivity contribution in [3.8, 4) is 0 Å². The topological polar surface area (TPSA) is 0 Å². The second-order valence-electron chi connectivity index (χ2n) is 5.66. The molecule has 0 radical (unpaired) electrons. The molecule has 5 atom stereocenters. The van der Waals surface area contributed by atoms with Gasteiger partial charge in [0.1, 0.15) is 0 Å². The van der Waals surface area contributed by atoms with Gasteiger partial charge in [-0.15, -0.1) is 0 Å². The molecule has 0 aromatic rings. The van der Waals surface area contributed by atoms with Crippen molar-refractivity contribution in [2.45, 2.75) is 47.0 Å². The summed E-state index contributed by atoms with van der Waals surface area (Å²) in [5.74, 6) is 3.99. The summed E-state index contributed by atoms with van der Waals surface area (Å²) in [6.07, 6.45) is 4.45. The van der Waals surface area contributed by atoms with E-state index in [9.17, 15) is 0 Å². The van der Waals surface area contributed by atoms with Gasteiger partial charge in [-0.2, -0.15) is 0 Å². The Morgan fingerprint density at radius 3 is 2.33 bits per heavy atom. The highest BCUT2D eigenvalue weighted by Gasteiger charge is 2.53. The van der Waals surface area contributed by atoms with Crippen molar-refractivity contribution in [2.24, 2.45) is 29.1 Å². The van der Waals surface area contributed by atoms with Gasteiger partial charge in [-0.3, -0.25) is 0 Å². The molecule has 2 fully saturated rings. The first kappa shape index (κ1) is 8.59. The molecule has 2 aliphatic carbocycles. The summed E-state index contributed by atoms with van der Waals surface area (Å²) in [4.78, 5) is 0. The van der Waals surface area contributed by atoms with Gasteiger partial charge >= 0.3 is 0 Å². The second kappa shape index (κ2) is 2.49.